The zero-order chi connectivity index (χ0) is 15.3. The highest BCUT2D eigenvalue weighted by Gasteiger charge is 2.43. The van der Waals surface area contributed by atoms with Gasteiger partial charge in [0.2, 0.25) is 0 Å². The first-order valence-corrected chi connectivity index (χ1v) is 8.52. The van der Waals surface area contributed by atoms with E-state index in [1.54, 1.807) is 6.07 Å². The molecule has 1 aromatic heterocycles. The molecule has 0 bridgehead atoms. The van der Waals surface area contributed by atoms with Gasteiger partial charge in [0.05, 0.1) is 9.47 Å². The number of nitrogens with one attached hydrogen (secondary N) is 1. The molecule has 10 heteroatoms. The third-order valence-electron chi connectivity index (χ3n) is 2.47. The van der Waals surface area contributed by atoms with Gasteiger partial charge in [-0.3, -0.25) is 4.72 Å². The molecule has 0 saturated carbocycles. The highest BCUT2D eigenvalue weighted by atomic mass is 79.9. The fourth-order valence-electron chi connectivity index (χ4n) is 1.66. The molecule has 5 nitrogen and oxygen atoms in total. The SMILES string of the molecule is O=S(=O)(Nc1ccc2c(c1)OC(F)(F)O2)c1ccc(Br)s1. The maximum absolute atomic E-state index is 12.9. The van der Waals surface area contributed by atoms with Gasteiger partial charge in [0.15, 0.2) is 11.5 Å². The van der Waals surface area contributed by atoms with E-state index in [0.717, 1.165) is 17.4 Å². The van der Waals surface area contributed by atoms with Crippen LogP contribution >= 0.6 is 27.3 Å². The number of alkyl halides is 2. The quantitative estimate of drug-likeness (QED) is 0.858. The molecule has 1 aliphatic heterocycles. The lowest BCUT2D eigenvalue weighted by atomic mass is 10.3. The van der Waals surface area contributed by atoms with E-state index in [2.05, 4.69) is 30.1 Å². The Hall–Kier alpha value is -1.39. The maximum Gasteiger partial charge on any atom is 0.586 e. The second-order valence-electron chi connectivity index (χ2n) is 3.99. The molecule has 0 amide bonds. The van der Waals surface area contributed by atoms with E-state index in [4.69, 9.17) is 0 Å². The number of hydrogen-bond donors (Lipinski definition) is 1. The second kappa shape index (κ2) is 4.82. The molecular formula is C11H6BrF2NO4S2. The van der Waals surface area contributed by atoms with Gasteiger partial charge in [0.25, 0.3) is 10.0 Å². The first kappa shape index (κ1) is 14.5. The number of fused-ring (bicyclic) bond motifs is 1. The van der Waals surface area contributed by atoms with Crippen molar-refractivity contribution in [2.24, 2.45) is 0 Å². The van der Waals surface area contributed by atoms with E-state index in [1.807, 2.05) is 0 Å². The number of benzene rings is 1. The second-order valence-corrected chi connectivity index (χ2v) is 8.37. The van der Waals surface area contributed by atoms with Crippen LogP contribution in [0, 0.1) is 0 Å². The fraction of sp³-hybridized carbons (Fsp3) is 0.0909. The summed E-state index contributed by atoms with van der Waals surface area (Å²) < 4.78 is 61.5. The Morgan fingerprint density at radius 2 is 1.86 bits per heavy atom. The summed E-state index contributed by atoms with van der Waals surface area (Å²) in [5, 5.41) is 0. The molecule has 112 valence electrons. The number of halogens is 3. The summed E-state index contributed by atoms with van der Waals surface area (Å²) in [6, 6.07) is 6.68. The lowest BCUT2D eigenvalue weighted by Crippen LogP contribution is -2.25. The zero-order valence-corrected chi connectivity index (χ0v) is 13.2. The minimum atomic E-state index is -3.78. The Morgan fingerprint density at radius 1 is 1.14 bits per heavy atom. The Balaban J connectivity index is 1.87. The number of rotatable bonds is 3. The zero-order valence-electron chi connectivity index (χ0n) is 9.97. The van der Waals surface area contributed by atoms with Crippen molar-refractivity contribution in [1.29, 1.82) is 0 Å². The average molecular weight is 398 g/mol. The Morgan fingerprint density at radius 3 is 2.52 bits per heavy atom. The lowest BCUT2D eigenvalue weighted by molar-refractivity contribution is -0.286. The summed E-state index contributed by atoms with van der Waals surface area (Å²) in [7, 11) is -3.78. The molecule has 1 aromatic carbocycles. The lowest BCUT2D eigenvalue weighted by Gasteiger charge is -2.06. The fourth-order valence-corrected chi connectivity index (χ4v) is 4.72. The van der Waals surface area contributed by atoms with E-state index in [9.17, 15) is 17.2 Å². The number of thiophene rings is 1. The van der Waals surface area contributed by atoms with Crippen molar-refractivity contribution in [3.63, 3.8) is 0 Å². The van der Waals surface area contributed by atoms with Crippen LogP contribution in [0.1, 0.15) is 0 Å². The molecule has 0 spiro atoms. The van der Waals surface area contributed by atoms with Crippen LogP contribution in [0.25, 0.3) is 0 Å². The van der Waals surface area contributed by atoms with E-state index < -0.39 is 16.3 Å². The van der Waals surface area contributed by atoms with Gasteiger partial charge in [0, 0.05) is 6.07 Å². The Bertz CT molecular complexity index is 806. The normalized spacial score (nSPS) is 16.0. The van der Waals surface area contributed by atoms with Crippen LogP contribution in [0.2, 0.25) is 0 Å². The highest BCUT2D eigenvalue weighted by molar-refractivity contribution is 9.11. The molecule has 1 aliphatic rings. The van der Waals surface area contributed by atoms with Crippen molar-refractivity contribution < 1.29 is 26.7 Å². The Kier molecular flexibility index (Phi) is 3.34. The van der Waals surface area contributed by atoms with Crippen molar-refractivity contribution in [2.75, 3.05) is 4.72 Å². The van der Waals surface area contributed by atoms with Crippen LogP contribution < -0.4 is 14.2 Å². The summed E-state index contributed by atoms with van der Waals surface area (Å²) in [5.74, 6) is -0.380. The number of hydrogen-bond acceptors (Lipinski definition) is 5. The predicted octanol–water partition coefficient (Wildman–Crippen LogP) is 3.63. The van der Waals surface area contributed by atoms with Gasteiger partial charge >= 0.3 is 6.29 Å². The first-order valence-electron chi connectivity index (χ1n) is 5.43. The van der Waals surface area contributed by atoms with Crippen LogP contribution in [-0.2, 0) is 10.0 Å². The smallest absolute Gasteiger partial charge is 0.395 e. The molecule has 21 heavy (non-hydrogen) atoms. The molecule has 0 saturated heterocycles. The van der Waals surface area contributed by atoms with Gasteiger partial charge in [-0.15, -0.1) is 20.1 Å². The van der Waals surface area contributed by atoms with Crippen LogP contribution in [0.4, 0.5) is 14.5 Å². The van der Waals surface area contributed by atoms with Gasteiger partial charge in [-0.1, -0.05) is 0 Å². The topological polar surface area (TPSA) is 64.6 Å². The summed E-state index contributed by atoms with van der Waals surface area (Å²) in [5.41, 5.74) is 0.0968. The van der Waals surface area contributed by atoms with Gasteiger partial charge in [-0.25, -0.2) is 8.42 Å². The molecule has 0 unspecified atom stereocenters. The third kappa shape index (κ3) is 2.97. The van der Waals surface area contributed by atoms with Gasteiger partial charge in [-0.05, 0) is 40.2 Å². The van der Waals surface area contributed by atoms with E-state index in [-0.39, 0.29) is 21.4 Å². The summed E-state index contributed by atoms with van der Waals surface area (Å²) in [6.07, 6.45) is -3.74. The van der Waals surface area contributed by atoms with Crippen molar-refractivity contribution in [3.8, 4) is 11.5 Å². The van der Waals surface area contributed by atoms with Crippen LogP contribution in [0.5, 0.6) is 11.5 Å². The predicted molar refractivity (Wildman–Crippen MR) is 75.5 cm³/mol. The van der Waals surface area contributed by atoms with Crippen LogP contribution in [0.3, 0.4) is 0 Å². The Labute approximate surface area is 130 Å². The highest BCUT2D eigenvalue weighted by Crippen LogP contribution is 2.42. The van der Waals surface area contributed by atoms with E-state index >= 15 is 0 Å². The number of anilines is 1. The average Bonchev–Trinajstić information content (AvgIpc) is 2.90. The molecule has 2 aromatic rings. The minimum absolute atomic E-state index is 0.0948. The van der Waals surface area contributed by atoms with Crippen molar-refractivity contribution in [1.82, 2.24) is 0 Å². The molecule has 0 fully saturated rings. The number of ether oxygens (including phenoxy) is 2. The molecular weight excluding hydrogens is 392 g/mol. The summed E-state index contributed by atoms with van der Waals surface area (Å²) in [4.78, 5) is 0. The molecule has 3 rings (SSSR count). The summed E-state index contributed by atoms with van der Waals surface area (Å²) >= 11 is 4.20. The number of sulfonamides is 1. The third-order valence-corrected chi connectivity index (χ3v) is 5.96. The van der Waals surface area contributed by atoms with E-state index in [0.29, 0.717) is 3.79 Å². The maximum atomic E-state index is 12.9. The first-order chi connectivity index (χ1) is 9.75. The van der Waals surface area contributed by atoms with Crippen LogP contribution in [-0.4, -0.2) is 14.7 Å². The van der Waals surface area contributed by atoms with Gasteiger partial charge < -0.3 is 9.47 Å². The standard InChI is InChI=1S/C11H6BrF2NO4S2/c12-9-3-4-10(20-9)21(16,17)15-6-1-2-7-8(5-6)19-11(13,14)18-7/h1-5,15H. The molecule has 1 N–H and O–H groups in total. The van der Waals surface area contributed by atoms with E-state index in [1.165, 1.54) is 18.2 Å². The summed E-state index contributed by atoms with van der Waals surface area (Å²) in [6.45, 7) is 0. The molecule has 0 atom stereocenters. The van der Waals surface area contributed by atoms with Crippen molar-refractivity contribution in [3.05, 3.63) is 34.1 Å². The molecule has 0 radical (unpaired) electrons. The van der Waals surface area contributed by atoms with Gasteiger partial charge in [0.1, 0.15) is 4.21 Å². The monoisotopic (exact) mass is 397 g/mol. The minimum Gasteiger partial charge on any atom is -0.395 e. The molecule has 0 aliphatic carbocycles. The van der Waals surface area contributed by atoms with Crippen molar-refractivity contribution in [2.45, 2.75) is 10.5 Å². The largest absolute Gasteiger partial charge is 0.586 e. The van der Waals surface area contributed by atoms with Crippen LogP contribution in [0.15, 0.2) is 38.3 Å². The molecule has 2 heterocycles. The van der Waals surface area contributed by atoms with Gasteiger partial charge in [-0.2, -0.15) is 0 Å². The van der Waals surface area contributed by atoms with Crippen molar-refractivity contribution >= 4 is 43.0 Å².